The third-order valence-corrected chi connectivity index (χ3v) is 5.42. The Kier molecular flexibility index (Phi) is 11.8. The van der Waals surface area contributed by atoms with Gasteiger partial charge in [0.2, 0.25) is 0 Å². The van der Waals surface area contributed by atoms with E-state index < -0.39 is 0 Å². The van der Waals surface area contributed by atoms with E-state index in [-0.39, 0.29) is 0 Å². The van der Waals surface area contributed by atoms with Crippen molar-refractivity contribution in [3.63, 3.8) is 0 Å². The molecule has 1 heteroatoms. The fraction of sp³-hybridized carbons (Fsp3) is 0.517. The fourth-order valence-electron chi connectivity index (χ4n) is 3.49. The Morgan fingerprint density at radius 2 is 1.30 bits per heavy atom. The quantitative estimate of drug-likeness (QED) is 0.241. The second-order valence-electron chi connectivity index (χ2n) is 8.73. The first-order valence-electron chi connectivity index (χ1n) is 12.0. The zero-order valence-corrected chi connectivity index (χ0v) is 19.4. The second-order valence-corrected chi connectivity index (χ2v) is 8.73. The number of hydrogen-bond donors (Lipinski definition) is 0. The van der Waals surface area contributed by atoms with Crippen LogP contribution < -0.4 is 4.74 Å². The van der Waals surface area contributed by atoms with Crippen molar-refractivity contribution in [1.29, 1.82) is 0 Å². The van der Waals surface area contributed by atoms with Crippen molar-refractivity contribution in [1.82, 2.24) is 0 Å². The molecule has 0 aliphatic heterocycles. The van der Waals surface area contributed by atoms with Gasteiger partial charge in [0.05, 0.1) is 6.61 Å². The van der Waals surface area contributed by atoms with Gasteiger partial charge in [-0.15, -0.1) is 0 Å². The number of hydrogen-bond acceptors (Lipinski definition) is 1. The topological polar surface area (TPSA) is 9.23 Å². The van der Waals surface area contributed by atoms with Gasteiger partial charge >= 0.3 is 0 Å². The summed E-state index contributed by atoms with van der Waals surface area (Å²) in [5.41, 5.74) is 3.51. The smallest absolute Gasteiger partial charge is 0.119 e. The van der Waals surface area contributed by atoms with Crippen LogP contribution in [0.1, 0.15) is 95.2 Å². The molecule has 0 saturated carbocycles. The van der Waals surface area contributed by atoms with Crippen LogP contribution in [0.4, 0.5) is 0 Å². The number of unbranched alkanes of at least 4 members (excludes halogenated alkanes) is 6. The van der Waals surface area contributed by atoms with Gasteiger partial charge in [0.1, 0.15) is 5.75 Å². The first-order chi connectivity index (χ1) is 14.7. The molecule has 2 aromatic carbocycles. The van der Waals surface area contributed by atoms with Crippen molar-refractivity contribution in [3.05, 3.63) is 65.2 Å². The van der Waals surface area contributed by atoms with Crippen LogP contribution in [-0.2, 0) is 6.42 Å². The predicted octanol–water partition coefficient (Wildman–Crippen LogP) is 8.19. The molecule has 0 atom stereocenters. The van der Waals surface area contributed by atoms with Crippen LogP contribution in [0.5, 0.6) is 5.75 Å². The van der Waals surface area contributed by atoms with Crippen LogP contribution in [-0.4, -0.2) is 6.61 Å². The molecular formula is C29H40O. The maximum Gasteiger partial charge on any atom is 0.119 e. The molecular weight excluding hydrogens is 364 g/mol. The van der Waals surface area contributed by atoms with Gasteiger partial charge < -0.3 is 4.74 Å². The summed E-state index contributed by atoms with van der Waals surface area (Å²) in [7, 11) is 0. The highest BCUT2D eigenvalue weighted by Crippen LogP contribution is 2.14. The molecule has 30 heavy (non-hydrogen) atoms. The number of rotatable bonds is 13. The Balaban J connectivity index is 1.71. The molecule has 0 fully saturated rings. The molecule has 0 amide bonds. The van der Waals surface area contributed by atoms with Gasteiger partial charge in [0, 0.05) is 11.1 Å². The van der Waals surface area contributed by atoms with Crippen LogP contribution in [0.2, 0.25) is 0 Å². The number of benzene rings is 2. The van der Waals surface area contributed by atoms with E-state index in [4.69, 9.17) is 4.74 Å². The molecule has 0 aromatic heterocycles. The molecule has 0 radical (unpaired) electrons. The standard InChI is InChI=1S/C29H40O/c1-4-5-6-7-8-11-24-30-29-22-20-28(21-23-29)19-18-27-16-14-26(15-17-27)13-10-9-12-25(2)3/h14-17,20-23,25H,4-13,24H2,1-3H3. The Labute approximate surface area is 185 Å². The monoisotopic (exact) mass is 404 g/mol. The second kappa shape index (κ2) is 14.7. The predicted molar refractivity (Wildman–Crippen MR) is 130 cm³/mol. The molecule has 0 N–H and O–H groups in total. The highest BCUT2D eigenvalue weighted by molar-refractivity contribution is 5.44. The van der Waals surface area contributed by atoms with E-state index >= 15 is 0 Å². The van der Waals surface area contributed by atoms with Gasteiger partial charge in [-0.1, -0.05) is 89.7 Å². The van der Waals surface area contributed by atoms with E-state index in [2.05, 4.69) is 56.9 Å². The minimum Gasteiger partial charge on any atom is -0.494 e. The van der Waals surface area contributed by atoms with E-state index in [1.165, 1.54) is 63.4 Å². The van der Waals surface area contributed by atoms with Crippen LogP contribution in [0, 0.1) is 17.8 Å². The maximum atomic E-state index is 5.85. The molecule has 0 bridgehead atoms. The Bertz CT molecular complexity index is 744. The van der Waals surface area contributed by atoms with Crippen molar-refractivity contribution in [2.45, 2.75) is 85.0 Å². The lowest BCUT2D eigenvalue weighted by molar-refractivity contribution is 0.304. The molecule has 0 saturated heterocycles. The Hall–Kier alpha value is -2.20. The minimum atomic E-state index is 0.807. The van der Waals surface area contributed by atoms with Gasteiger partial charge in [-0.25, -0.2) is 0 Å². The lowest BCUT2D eigenvalue weighted by Gasteiger charge is -2.06. The van der Waals surface area contributed by atoms with Gasteiger partial charge in [-0.05, 0) is 67.1 Å². The average molecular weight is 405 g/mol. The van der Waals surface area contributed by atoms with Crippen molar-refractivity contribution in [2.75, 3.05) is 6.61 Å². The first kappa shape index (κ1) is 24.1. The highest BCUT2D eigenvalue weighted by atomic mass is 16.5. The van der Waals surface area contributed by atoms with Crippen LogP contribution >= 0.6 is 0 Å². The summed E-state index contributed by atoms with van der Waals surface area (Å²) in [6.45, 7) is 7.65. The van der Waals surface area contributed by atoms with Gasteiger partial charge in [0.15, 0.2) is 0 Å². The molecule has 1 nitrogen and oxygen atoms in total. The molecule has 0 aliphatic carbocycles. The van der Waals surface area contributed by atoms with Crippen molar-refractivity contribution in [3.8, 4) is 17.6 Å². The molecule has 0 heterocycles. The zero-order chi connectivity index (χ0) is 21.4. The molecule has 2 rings (SSSR count). The highest BCUT2D eigenvalue weighted by Gasteiger charge is 1.98. The van der Waals surface area contributed by atoms with E-state index in [9.17, 15) is 0 Å². The summed E-state index contributed by atoms with van der Waals surface area (Å²) in [5.74, 6) is 8.29. The van der Waals surface area contributed by atoms with Gasteiger partial charge in [-0.3, -0.25) is 0 Å². The summed E-state index contributed by atoms with van der Waals surface area (Å²) >= 11 is 0. The summed E-state index contributed by atoms with van der Waals surface area (Å²) < 4.78 is 5.85. The molecule has 0 spiro atoms. The van der Waals surface area contributed by atoms with Crippen molar-refractivity contribution in [2.24, 2.45) is 5.92 Å². The third kappa shape index (κ3) is 10.5. The van der Waals surface area contributed by atoms with E-state index in [0.717, 1.165) is 35.8 Å². The molecule has 0 unspecified atom stereocenters. The van der Waals surface area contributed by atoms with Crippen LogP contribution in [0.3, 0.4) is 0 Å². The number of aryl methyl sites for hydroxylation is 1. The Morgan fingerprint density at radius 1 is 0.700 bits per heavy atom. The lowest BCUT2D eigenvalue weighted by atomic mass is 10.0. The normalized spacial score (nSPS) is 10.7. The summed E-state index contributed by atoms with van der Waals surface area (Å²) in [5, 5.41) is 0. The minimum absolute atomic E-state index is 0.807. The largest absolute Gasteiger partial charge is 0.494 e. The third-order valence-electron chi connectivity index (χ3n) is 5.42. The molecule has 2 aromatic rings. The van der Waals surface area contributed by atoms with Gasteiger partial charge in [-0.2, -0.15) is 0 Å². The van der Waals surface area contributed by atoms with Crippen LogP contribution in [0.15, 0.2) is 48.5 Å². The average Bonchev–Trinajstić information content (AvgIpc) is 2.76. The number of ether oxygens (including phenoxy) is 1. The summed E-state index contributed by atoms with van der Waals surface area (Å²) in [4.78, 5) is 0. The van der Waals surface area contributed by atoms with E-state index in [1.807, 2.05) is 24.3 Å². The zero-order valence-electron chi connectivity index (χ0n) is 19.4. The van der Waals surface area contributed by atoms with Crippen LogP contribution in [0.25, 0.3) is 0 Å². The fourth-order valence-corrected chi connectivity index (χ4v) is 3.49. The first-order valence-corrected chi connectivity index (χ1v) is 12.0. The van der Waals surface area contributed by atoms with Crippen molar-refractivity contribution < 1.29 is 4.74 Å². The van der Waals surface area contributed by atoms with E-state index in [0.29, 0.717) is 0 Å². The SMILES string of the molecule is CCCCCCCCOc1ccc(C#Cc2ccc(CCCCC(C)C)cc2)cc1. The van der Waals surface area contributed by atoms with Gasteiger partial charge in [0.25, 0.3) is 0 Å². The lowest BCUT2D eigenvalue weighted by Crippen LogP contribution is -1.97. The molecule has 0 aliphatic rings. The maximum absolute atomic E-state index is 5.85. The molecule has 162 valence electrons. The van der Waals surface area contributed by atoms with Crippen molar-refractivity contribution >= 4 is 0 Å². The summed E-state index contributed by atoms with van der Waals surface area (Å²) in [6, 6.07) is 16.9. The Morgan fingerprint density at radius 3 is 1.93 bits per heavy atom. The van der Waals surface area contributed by atoms with E-state index in [1.54, 1.807) is 0 Å². The summed E-state index contributed by atoms with van der Waals surface area (Å²) in [6.07, 6.45) is 12.8.